The molecule has 0 aromatic rings. The molecule has 2 aliphatic heterocycles. The number of amides is 1. The summed E-state index contributed by atoms with van der Waals surface area (Å²) in [6.45, 7) is 4.69. The lowest BCUT2D eigenvalue weighted by molar-refractivity contribution is -0.150. The molecule has 1 aliphatic carbocycles. The molecule has 102 valence electrons. The summed E-state index contributed by atoms with van der Waals surface area (Å²) >= 11 is 0. The van der Waals surface area contributed by atoms with Crippen molar-refractivity contribution in [2.45, 2.75) is 44.6 Å². The first-order chi connectivity index (χ1) is 8.75. The molecular weight excluding hydrogens is 226 g/mol. The van der Waals surface area contributed by atoms with Gasteiger partial charge in [-0.15, -0.1) is 0 Å². The number of piperidine rings is 1. The fourth-order valence-corrected chi connectivity index (χ4v) is 3.78. The summed E-state index contributed by atoms with van der Waals surface area (Å²) < 4.78 is 0. The highest BCUT2D eigenvalue weighted by Crippen LogP contribution is 2.42. The quantitative estimate of drug-likeness (QED) is 0.790. The average Bonchev–Trinajstić information content (AvgIpc) is 2.37. The Bertz CT molecular complexity index is 321. The summed E-state index contributed by atoms with van der Waals surface area (Å²) in [6.07, 6.45) is 7.11. The second kappa shape index (κ2) is 4.82. The summed E-state index contributed by atoms with van der Waals surface area (Å²) in [6, 6.07) is 0.617. The van der Waals surface area contributed by atoms with Crippen LogP contribution in [0, 0.1) is 5.41 Å². The molecule has 1 atom stereocenters. The van der Waals surface area contributed by atoms with E-state index >= 15 is 0 Å². The molecule has 2 saturated heterocycles. The van der Waals surface area contributed by atoms with Gasteiger partial charge in [0.05, 0.1) is 5.41 Å². The highest BCUT2D eigenvalue weighted by atomic mass is 16.2. The van der Waals surface area contributed by atoms with E-state index in [-0.39, 0.29) is 5.41 Å². The van der Waals surface area contributed by atoms with Crippen molar-refractivity contribution in [1.29, 1.82) is 0 Å². The van der Waals surface area contributed by atoms with Gasteiger partial charge in [0.15, 0.2) is 0 Å². The Labute approximate surface area is 109 Å². The number of hydrogen-bond donors (Lipinski definition) is 1. The first-order valence-corrected chi connectivity index (χ1v) is 7.49. The molecule has 3 aliphatic rings. The molecule has 3 fully saturated rings. The molecule has 0 bridgehead atoms. The fraction of sp³-hybridized carbons (Fsp3) is 0.929. The van der Waals surface area contributed by atoms with E-state index in [2.05, 4.69) is 9.80 Å². The van der Waals surface area contributed by atoms with Gasteiger partial charge in [-0.25, -0.2) is 0 Å². The Morgan fingerprint density at radius 1 is 1.17 bits per heavy atom. The minimum Gasteiger partial charge on any atom is -0.339 e. The van der Waals surface area contributed by atoms with E-state index in [1.54, 1.807) is 0 Å². The van der Waals surface area contributed by atoms with E-state index in [9.17, 15) is 4.79 Å². The molecule has 1 saturated carbocycles. The summed E-state index contributed by atoms with van der Waals surface area (Å²) in [5.74, 6) is 0.349. The molecule has 2 heterocycles. The maximum absolute atomic E-state index is 12.6. The first kappa shape index (κ1) is 12.4. The minimum atomic E-state index is -0.184. The number of nitrogens with zero attached hydrogens (tertiary/aromatic N) is 2. The van der Waals surface area contributed by atoms with E-state index in [1.807, 2.05) is 0 Å². The number of rotatable bonds is 2. The highest BCUT2D eigenvalue weighted by Gasteiger charge is 2.46. The van der Waals surface area contributed by atoms with Crippen LogP contribution >= 0.6 is 0 Å². The van der Waals surface area contributed by atoms with Gasteiger partial charge < -0.3 is 10.6 Å². The highest BCUT2D eigenvalue weighted by molar-refractivity contribution is 5.84. The van der Waals surface area contributed by atoms with Gasteiger partial charge in [0.1, 0.15) is 0 Å². The number of carbonyl (C=O) groups is 1. The minimum absolute atomic E-state index is 0.184. The molecule has 4 heteroatoms. The van der Waals surface area contributed by atoms with Crippen molar-refractivity contribution in [3.8, 4) is 0 Å². The Morgan fingerprint density at radius 3 is 2.67 bits per heavy atom. The van der Waals surface area contributed by atoms with E-state index < -0.39 is 0 Å². The molecule has 0 spiro atoms. The molecule has 3 rings (SSSR count). The van der Waals surface area contributed by atoms with Gasteiger partial charge in [-0.1, -0.05) is 12.8 Å². The van der Waals surface area contributed by atoms with Crippen molar-refractivity contribution >= 4 is 5.91 Å². The molecule has 4 nitrogen and oxygen atoms in total. The van der Waals surface area contributed by atoms with Crippen molar-refractivity contribution in [1.82, 2.24) is 9.80 Å². The van der Waals surface area contributed by atoms with Crippen molar-refractivity contribution in [3.05, 3.63) is 0 Å². The van der Waals surface area contributed by atoms with Gasteiger partial charge in [-0.05, 0) is 32.2 Å². The fourth-order valence-electron chi connectivity index (χ4n) is 3.78. The van der Waals surface area contributed by atoms with Crippen LogP contribution in [0.4, 0.5) is 0 Å². The lowest BCUT2D eigenvalue weighted by Crippen LogP contribution is -2.60. The number of piperazine rings is 1. The van der Waals surface area contributed by atoms with Gasteiger partial charge in [0, 0.05) is 32.2 Å². The molecule has 1 unspecified atom stereocenters. The van der Waals surface area contributed by atoms with Gasteiger partial charge in [0.2, 0.25) is 5.91 Å². The van der Waals surface area contributed by atoms with Gasteiger partial charge >= 0.3 is 0 Å². The lowest BCUT2D eigenvalue weighted by atomic mass is 9.67. The van der Waals surface area contributed by atoms with E-state index in [1.165, 1.54) is 32.2 Å². The van der Waals surface area contributed by atoms with Crippen molar-refractivity contribution in [3.63, 3.8) is 0 Å². The Hall–Kier alpha value is -0.610. The van der Waals surface area contributed by atoms with Crippen LogP contribution in [0.25, 0.3) is 0 Å². The third-order valence-electron chi connectivity index (χ3n) is 5.28. The molecular formula is C14H25N3O. The average molecular weight is 251 g/mol. The predicted molar refractivity (Wildman–Crippen MR) is 71.1 cm³/mol. The molecule has 0 aromatic carbocycles. The second-order valence-corrected chi connectivity index (χ2v) is 6.27. The summed E-state index contributed by atoms with van der Waals surface area (Å²) in [4.78, 5) is 17.3. The Balaban J connectivity index is 1.65. The lowest BCUT2D eigenvalue weighted by Gasteiger charge is -2.48. The zero-order valence-corrected chi connectivity index (χ0v) is 11.2. The molecule has 1 amide bonds. The maximum Gasteiger partial charge on any atom is 0.230 e. The van der Waals surface area contributed by atoms with E-state index in [4.69, 9.17) is 5.73 Å². The summed E-state index contributed by atoms with van der Waals surface area (Å²) in [5, 5.41) is 0. The van der Waals surface area contributed by atoms with Crippen molar-refractivity contribution in [2.75, 3.05) is 32.7 Å². The van der Waals surface area contributed by atoms with Crippen LogP contribution in [0.5, 0.6) is 0 Å². The van der Waals surface area contributed by atoms with E-state index in [0.29, 0.717) is 18.5 Å². The van der Waals surface area contributed by atoms with Crippen LogP contribution in [0.2, 0.25) is 0 Å². The zero-order valence-electron chi connectivity index (χ0n) is 11.2. The first-order valence-electron chi connectivity index (χ1n) is 7.49. The Kier molecular flexibility index (Phi) is 3.32. The van der Waals surface area contributed by atoms with Gasteiger partial charge in [-0.2, -0.15) is 0 Å². The summed E-state index contributed by atoms with van der Waals surface area (Å²) in [5.41, 5.74) is 5.67. The number of nitrogens with two attached hydrogens (primary N) is 1. The van der Waals surface area contributed by atoms with Crippen LogP contribution < -0.4 is 5.73 Å². The van der Waals surface area contributed by atoms with Gasteiger partial charge in [-0.3, -0.25) is 9.69 Å². The number of fused-ring (bicyclic) bond motifs is 1. The normalized spacial score (nSPS) is 31.6. The molecule has 0 aromatic heterocycles. The molecule has 0 radical (unpaired) electrons. The third-order valence-corrected chi connectivity index (χ3v) is 5.28. The van der Waals surface area contributed by atoms with E-state index in [0.717, 1.165) is 32.5 Å². The summed E-state index contributed by atoms with van der Waals surface area (Å²) in [7, 11) is 0. The number of carbonyl (C=O) groups excluding carboxylic acids is 1. The van der Waals surface area contributed by atoms with Crippen LogP contribution in [-0.2, 0) is 4.79 Å². The zero-order chi connectivity index (χ0) is 12.6. The van der Waals surface area contributed by atoms with Crippen LogP contribution in [0.15, 0.2) is 0 Å². The monoisotopic (exact) mass is 251 g/mol. The maximum atomic E-state index is 12.6. The molecule has 2 N–H and O–H groups in total. The SMILES string of the molecule is NCC1(C(=O)N2CCN3CCCCC3C2)CCC1. The van der Waals surface area contributed by atoms with Crippen LogP contribution in [0.1, 0.15) is 38.5 Å². The van der Waals surface area contributed by atoms with Crippen LogP contribution in [0.3, 0.4) is 0 Å². The van der Waals surface area contributed by atoms with Crippen LogP contribution in [-0.4, -0.2) is 54.5 Å². The second-order valence-electron chi connectivity index (χ2n) is 6.27. The van der Waals surface area contributed by atoms with Crippen molar-refractivity contribution in [2.24, 2.45) is 11.1 Å². The standard InChI is InChI=1S/C14H25N3O/c15-11-14(5-3-6-14)13(18)17-9-8-16-7-2-1-4-12(16)10-17/h12H,1-11,15H2. The predicted octanol–water partition coefficient (Wildman–Crippen LogP) is 0.812. The smallest absolute Gasteiger partial charge is 0.230 e. The largest absolute Gasteiger partial charge is 0.339 e. The third kappa shape index (κ3) is 1.95. The van der Waals surface area contributed by atoms with Crippen molar-refractivity contribution < 1.29 is 4.79 Å². The topological polar surface area (TPSA) is 49.6 Å². The Morgan fingerprint density at radius 2 is 2.00 bits per heavy atom. The van der Waals surface area contributed by atoms with Gasteiger partial charge in [0.25, 0.3) is 0 Å². The number of hydrogen-bond acceptors (Lipinski definition) is 3. The molecule has 18 heavy (non-hydrogen) atoms.